The predicted molar refractivity (Wildman–Crippen MR) is 86.7 cm³/mol. The third-order valence-electron chi connectivity index (χ3n) is 4.54. The lowest BCUT2D eigenvalue weighted by Crippen LogP contribution is -2.51. The molecule has 0 radical (unpaired) electrons. The van der Waals surface area contributed by atoms with Gasteiger partial charge in [-0.1, -0.05) is 0 Å². The molecule has 3 heterocycles. The Morgan fingerprint density at radius 3 is 2.67 bits per heavy atom. The van der Waals surface area contributed by atoms with Crippen molar-refractivity contribution >= 4 is 17.6 Å². The maximum atomic E-state index is 11.6. The molecular formula is C16H19N5O3. The number of nitrogens with zero attached hydrogens (tertiary/aromatic N) is 4. The molecule has 1 atom stereocenters. The minimum absolute atomic E-state index is 0.132. The van der Waals surface area contributed by atoms with Crippen molar-refractivity contribution in [1.29, 1.82) is 5.26 Å². The van der Waals surface area contributed by atoms with Crippen molar-refractivity contribution < 1.29 is 14.3 Å². The number of amidine groups is 1. The van der Waals surface area contributed by atoms with Gasteiger partial charge in [-0.15, -0.1) is 0 Å². The van der Waals surface area contributed by atoms with Gasteiger partial charge in [0.05, 0.1) is 18.8 Å². The van der Waals surface area contributed by atoms with Gasteiger partial charge in [0.2, 0.25) is 11.8 Å². The zero-order valence-electron chi connectivity index (χ0n) is 13.9. The van der Waals surface area contributed by atoms with E-state index >= 15 is 0 Å². The van der Waals surface area contributed by atoms with Gasteiger partial charge < -0.3 is 20.1 Å². The van der Waals surface area contributed by atoms with Crippen LogP contribution in [0.1, 0.15) is 20.8 Å². The molecule has 126 valence electrons. The van der Waals surface area contributed by atoms with E-state index in [1.807, 2.05) is 11.8 Å². The van der Waals surface area contributed by atoms with Gasteiger partial charge in [-0.25, -0.2) is 4.99 Å². The Hall–Kier alpha value is -2.66. The molecule has 8 heteroatoms. The van der Waals surface area contributed by atoms with E-state index in [1.54, 1.807) is 6.92 Å². The number of hydrogen-bond donors (Lipinski definition) is 1. The van der Waals surface area contributed by atoms with E-state index in [1.165, 1.54) is 6.92 Å². The summed E-state index contributed by atoms with van der Waals surface area (Å²) in [5, 5.41) is 9.71. The van der Waals surface area contributed by atoms with Crippen LogP contribution in [-0.2, 0) is 14.3 Å². The summed E-state index contributed by atoms with van der Waals surface area (Å²) < 4.78 is 11.1. The van der Waals surface area contributed by atoms with Gasteiger partial charge in [0.15, 0.2) is 5.41 Å². The summed E-state index contributed by atoms with van der Waals surface area (Å²) >= 11 is 0. The average molecular weight is 329 g/mol. The van der Waals surface area contributed by atoms with Crippen molar-refractivity contribution in [2.24, 2.45) is 21.1 Å². The summed E-state index contributed by atoms with van der Waals surface area (Å²) in [5.41, 5.74) is 5.93. The summed E-state index contributed by atoms with van der Waals surface area (Å²) in [6, 6.07) is 2.15. The molecule has 0 aliphatic carbocycles. The number of ether oxygens (including phenoxy) is 2. The first-order valence-electron chi connectivity index (χ1n) is 7.70. The monoisotopic (exact) mass is 329 g/mol. The van der Waals surface area contributed by atoms with Crippen molar-refractivity contribution in [1.82, 2.24) is 4.90 Å². The molecule has 3 aliphatic heterocycles. The fourth-order valence-electron chi connectivity index (χ4n) is 3.31. The summed E-state index contributed by atoms with van der Waals surface area (Å²) in [5.74, 6) is 1.05. The first-order valence-corrected chi connectivity index (χ1v) is 7.70. The topological polar surface area (TPSA) is 113 Å². The van der Waals surface area contributed by atoms with Gasteiger partial charge in [-0.05, 0) is 19.4 Å². The van der Waals surface area contributed by atoms with E-state index in [0.29, 0.717) is 37.9 Å². The standard InChI is InChI=1S/C16H19N5O3/c1-9-10(2)24-15(19-11(3)22)16(9)12(8-17)13(18)20-14(16)21-4-6-23-7-5-21/h4-7,18H2,1-3H3. The molecule has 0 saturated carbocycles. The second-order valence-corrected chi connectivity index (χ2v) is 5.88. The first kappa shape index (κ1) is 16.2. The number of aliphatic imine (C=N–C) groups is 2. The molecule has 0 bridgehead atoms. The zero-order valence-corrected chi connectivity index (χ0v) is 13.9. The van der Waals surface area contributed by atoms with Crippen LogP contribution in [0.3, 0.4) is 0 Å². The minimum atomic E-state index is -1.12. The molecule has 8 nitrogen and oxygen atoms in total. The molecule has 1 fully saturated rings. The van der Waals surface area contributed by atoms with E-state index < -0.39 is 11.3 Å². The van der Waals surface area contributed by atoms with E-state index in [-0.39, 0.29) is 17.3 Å². The molecule has 1 spiro atoms. The Morgan fingerprint density at radius 1 is 1.42 bits per heavy atom. The molecule has 1 saturated heterocycles. The van der Waals surface area contributed by atoms with Crippen LogP contribution in [0.25, 0.3) is 0 Å². The number of nitrogens with two attached hydrogens (primary N) is 1. The quantitative estimate of drug-likeness (QED) is 0.699. The molecule has 24 heavy (non-hydrogen) atoms. The Bertz CT molecular complexity index is 765. The highest BCUT2D eigenvalue weighted by Crippen LogP contribution is 2.50. The lowest BCUT2D eigenvalue weighted by Gasteiger charge is -2.36. The lowest BCUT2D eigenvalue weighted by molar-refractivity contribution is -0.115. The molecule has 1 unspecified atom stereocenters. The fourth-order valence-corrected chi connectivity index (χ4v) is 3.31. The highest BCUT2D eigenvalue weighted by atomic mass is 16.5. The van der Waals surface area contributed by atoms with Gasteiger partial charge >= 0.3 is 0 Å². The number of allylic oxidation sites excluding steroid dienone is 1. The van der Waals surface area contributed by atoms with E-state index in [9.17, 15) is 10.1 Å². The van der Waals surface area contributed by atoms with Crippen LogP contribution in [0.4, 0.5) is 0 Å². The fraction of sp³-hybridized carbons (Fsp3) is 0.500. The van der Waals surface area contributed by atoms with Gasteiger partial charge in [0, 0.05) is 20.0 Å². The Kier molecular flexibility index (Phi) is 3.89. The third-order valence-corrected chi connectivity index (χ3v) is 4.54. The van der Waals surface area contributed by atoms with Gasteiger partial charge in [-0.2, -0.15) is 10.3 Å². The molecule has 3 aliphatic rings. The highest BCUT2D eigenvalue weighted by molar-refractivity contribution is 6.19. The number of amides is 1. The largest absolute Gasteiger partial charge is 0.446 e. The lowest BCUT2D eigenvalue weighted by atomic mass is 9.74. The number of carbonyl (C=O) groups is 1. The molecule has 0 aromatic carbocycles. The van der Waals surface area contributed by atoms with Crippen LogP contribution in [0.15, 0.2) is 32.7 Å². The van der Waals surface area contributed by atoms with E-state index in [2.05, 4.69) is 16.1 Å². The molecule has 0 aromatic heterocycles. The van der Waals surface area contributed by atoms with Crippen molar-refractivity contribution in [3.8, 4) is 6.07 Å². The van der Waals surface area contributed by atoms with E-state index in [4.69, 9.17) is 15.2 Å². The maximum Gasteiger partial charge on any atom is 0.245 e. The van der Waals surface area contributed by atoms with Crippen molar-refractivity contribution in [3.05, 3.63) is 22.7 Å². The summed E-state index contributed by atoms with van der Waals surface area (Å²) in [7, 11) is 0. The minimum Gasteiger partial charge on any atom is -0.446 e. The Balaban J connectivity index is 2.23. The highest BCUT2D eigenvalue weighted by Gasteiger charge is 2.59. The molecule has 2 N–H and O–H groups in total. The number of nitriles is 1. The summed E-state index contributed by atoms with van der Waals surface area (Å²) in [6.07, 6.45) is 0. The average Bonchev–Trinajstić information content (AvgIpc) is 2.98. The van der Waals surface area contributed by atoms with E-state index in [0.717, 1.165) is 5.57 Å². The summed E-state index contributed by atoms with van der Waals surface area (Å²) in [6.45, 7) is 7.31. The van der Waals surface area contributed by atoms with Crippen molar-refractivity contribution in [2.45, 2.75) is 20.8 Å². The van der Waals surface area contributed by atoms with Crippen LogP contribution < -0.4 is 5.73 Å². The number of morpholine rings is 1. The van der Waals surface area contributed by atoms with Crippen LogP contribution >= 0.6 is 0 Å². The summed E-state index contributed by atoms with van der Waals surface area (Å²) in [4.78, 5) is 22.1. The SMILES string of the molecule is CC(=O)N=C1OC(C)=C(C)C12C(N1CCOCC1)=NC(N)=C2C#N. The number of carbonyl (C=O) groups excluding carboxylic acids is 1. The second-order valence-electron chi connectivity index (χ2n) is 5.88. The molecule has 3 rings (SSSR count). The second kappa shape index (κ2) is 5.76. The van der Waals surface area contributed by atoms with Crippen LogP contribution in [0.5, 0.6) is 0 Å². The Labute approximate surface area is 139 Å². The van der Waals surface area contributed by atoms with Gasteiger partial charge in [0.25, 0.3) is 0 Å². The smallest absolute Gasteiger partial charge is 0.245 e. The predicted octanol–water partition coefficient (Wildman–Crippen LogP) is 0.680. The van der Waals surface area contributed by atoms with Gasteiger partial charge in [-0.3, -0.25) is 4.79 Å². The molecule has 1 amide bonds. The number of rotatable bonds is 0. The van der Waals surface area contributed by atoms with Gasteiger partial charge in [0.1, 0.15) is 23.5 Å². The zero-order chi connectivity index (χ0) is 17.5. The maximum absolute atomic E-state index is 11.6. The third kappa shape index (κ3) is 2.12. The van der Waals surface area contributed by atoms with Crippen LogP contribution in [0, 0.1) is 16.7 Å². The normalized spacial score (nSPS) is 28.5. The Morgan fingerprint density at radius 2 is 2.08 bits per heavy atom. The van der Waals surface area contributed by atoms with Crippen molar-refractivity contribution in [2.75, 3.05) is 26.3 Å². The first-order chi connectivity index (χ1) is 11.4. The number of hydrogen-bond acceptors (Lipinski definition) is 7. The van der Waals surface area contributed by atoms with Crippen molar-refractivity contribution in [3.63, 3.8) is 0 Å². The van der Waals surface area contributed by atoms with Crippen LogP contribution in [0.2, 0.25) is 0 Å². The molecular weight excluding hydrogens is 310 g/mol. The molecule has 0 aromatic rings. The van der Waals surface area contributed by atoms with Crippen LogP contribution in [-0.4, -0.2) is 48.8 Å².